The SMILES string of the molecule is Cc1ccc(C(C)C)cc1.F[B-](F)(F)F.Nc1nc(N)nc(-c2[c-]cccc2)n1.[2H]OC.[Ru+2]. The summed E-state index contributed by atoms with van der Waals surface area (Å²) in [7, 11) is -4.71. The summed E-state index contributed by atoms with van der Waals surface area (Å²) < 4.78 is 44.7. The standard InChI is InChI=1S/C10H14.C9H8N5.CH4O.BF4.Ru/c1-8(2)10-6-4-9(3)5-7-10;10-8-12-7(13-9(11)14-8)6-4-2-1-3-5-6;1-2;2-1(3,4)5;/h4-8H,1-3H3;1-4H,(H4,10,11,12,13,14);2H,1H3;;/q;-1;;-1;+2/i;;2D;;. The van der Waals surface area contributed by atoms with E-state index in [9.17, 15) is 17.3 Å². The summed E-state index contributed by atoms with van der Waals surface area (Å²) in [6.07, 6.45) is 0. The number of hydrogen-bond donors (Lipinski definition) is 3. The topological polar surface area (TPSA) is 111 Å². The molecule has 0 saturated carbocycles. The number of nitrogens with zero attached hydrogens (tertiary/aromatic N) is 3. The van der Waals surface area contributed by atoms with Crippen molar-refractivity contribution in [2.45, 2.75) is 26.7 Å². The van der Waals surface area contributed by atoms with E-state index in [4.69, 9.17) is 12.9 Å². The minimum atomic E-state index is -6.00. The number of aryl methyl sites for hydroxylation is 1. The molecule has 1 heterocycles. The summed E-state index contributed by atoms with van der Waals surface area (Å²) in [6.45, 7) is 6.54. The van der Waals surface area contributed by atoms with Gasteiger partial charge in [0.15, 0.2) is 0 Å². The van der Waals surface area contributed by atoms with E-state index in [1.54, 1.807) is 6.07 Å². The van der Waals surface area contributed by atoms with Gasteiger partial charge in [-0.1, -0.05) is 43.7 Å². The number of hydrogen-bond acceptors (Lipinski definition) is 6. The first-order valence-corrected chi connectivity index (χ1v) is 9.04. The van der Waals surface area contributed by atoms with Crippen molar-refractivity contribution in [2.75, 3.05) is 18.6 Å². The average molecular weight is 541 g/mol. The third-order valence-electron chi connectivity index (χ3n) is 3.36. The van der Waals surface area contributed by atoms with E-state index in [2.05, 4.69) is 71.2 Å². The molecule has 0 amide bonds. The Bertz CT molecular complexity index is 881. The molecule has 0 bridgehead atoms. The third-order valence-corrected chi connectivity index (χ3v) is 3.36. The Kier molecular flexibility index (Phi) is 14.8. The van der Waals surface area contributed by atoms with Gasteiger partial charge in [0.1, 0.15) is 0 Å². The van der Waals surface area contributed by atoms with Gasteiger partial charge < -0.3 is 33.8 Å². The van der Waals surface area contributed by atoms with Crippen LogP contribution in [-0.2, 0) is 19.5 Å². The van der Waals surface area contributed by atoms with Crippen molar-refractivity contribution in [1.82, 2.24) is 15.0 Å². The molecule has 0 fully saturated rings. The van der Waals surface area contributed by atoms with Gasteiger partial charge in [-0.2, -0.15) is 4.98 Å². The summed E-state index contributed by atoms with van der Waals surface area (Å²) in [5.41, 5.74) is 14.4. The molecule has 32 heavy (non-hydrogen) atoms. The van der Waals surface area contributed by atoms with E-state index < -0.39 is 7.25 Å². The normalized spacial score (nSPS) is 10.1. The Morgan fingerprint density at radius 1 is 0.969 bits per heavy atom. The first-order valence-electron chi connectivity index (χ1n) is 9.45. The first-order chi connectivity index (χ1) is 14.9. The van der Waals surface area contributed by atoms with Crippen LogP contribution in [0.15, 0.2) is 48.5 Å². The Balaban J connectivity index is 0. The quantitative estimate of drug-likeness (QED) is 0.250. The van der Waals surface area contributed by atoms with Crippen molar-refractivity contribution in [1.29, 1.82) is 1.43 Å². The van der Waals surface area contributed by atoms with Crippen LogP contribution in [-0.4, -0.2) is 35.9 Å². The Hall–Kier alpha value is -2.58. The first kappa shape index (κ1) is 29.4. The number of nitrogens with two attached hydrogens (primary N) is 2. The van der Waals surface area contributed by atoms with Gasteiger partial charge in [0.2, 0.25) is 13.3 Å². The Labute approximate surface area is 199 Å². The zero-order chi connectivity index (χ0) is 24.7. The third kappa shape index (κ3) is 15.3. The van der Waals surface area contributed by atoms with Crippen LogP contribution in [0.25, 0.3) is 11.4 Å². The van der Waals surface area contributed by atoms with Crippen LogP contribution in [0.5, 0.6) is 0 Å². The van der Waals surface area contributed by atoms with Crippen LogP contribution >= 0.6 is 0 Å². The summed E-state index contributed by atoms with van der Waals surface area (Å²) in [5.74, 6) is 1.32. The molecule has 0 spiro atoms. The fourth-order valence-electron chi connectivity index (χ4n) is 2.01. The molecule has 6 nitrogen and oxygen atoms in total. The van der Waals surface area contributed by atoms with Gasteiger partial charge in [-0.05, 0) is 18.4 Å². The van der Waals surface area contributed by atoms with Crippen LogP contribution < -0.4 is 11.5 Å². The van der Waals surface area contributed by atoms with E-state index in [-0.39, 0.29) is 31.4 Å². The van der Waals surface area contributed by atoms with E-state index >= 15 is 0 Å². The van der Waals surface area contributed by atoms with Gasteiger partial charge in [0.05, 0.1) is 5.82 Å². The molecule has 0 saturated heterocycles. The molecule has 12 heteroatoms. The molecule has 1 aromatic heterocycles. The molecule has 2 aromatic carbocycles. The van der Waals surface area contributed by atoms with E-state index in [0.29, 0.717) is 11.7 Å². The van der Waals surface area contributed by atoms with Crippen molar-refractivity contribution in [3.05, 3.63) is 65.7 Å². The average Bonchev–Trinajstić information content (AvgIpc) is 2.68. The molecule has 176 valence electrons. The van der Waals surface area contributed by atoms with Gasteiger partial charge in [0, 0.05) is 7.11 Å². The van der Waals surface area contributed by atoms with Gasteiger partial charge in [0.25, 0.3) is 0 Å². The molecule has 3 aromatic rings. The van der Waals surface area contributed by atoms with Crippen LogP contribution in [0, 0.1) is 13.0 Å². The zero-order valence-corrected chi connectivity index (χ0v) is 19.8. The second-order valence-corrected chi connectivity index (χ2v) is 6.21. The minimum Gasteiger partial charge on any atom is -0.418 e. The molecule has 0 atom stereocenters. The molecule has 3 rings (SSSR count). The zero-order valence-electron chi connectivity index (χ0n) is 19.0. The molecular formula is C20H26BF4N5ORu. The summed E-state index contributed by atoms with van der Waals surface area (Å²) >= 11 is 0. The largest absolute Gasteiger partial charge is 2.00 e. The fourth-order valence-corrected chi connectivity index (χ4v) is 2.01. The van der Waals surface area contributed by atoms with Gasteiger partial charge >= 0.3 is 26.7 Å². The molecule has 0 radical (unpaired) electrons. The van der Waals surface area contributed by atoms with Crippen molar-refractivity contribution < 1.29 is 41.8 Å². The second-order valence-electron chi connectivity index (χ2n) is 6.21. The van der Waals surface area contributed by atoms with Crippen LogP contribution in [0.3, 0.4) is 0 Å². The number of aromatic nitrogens is 3. The monoisotopic (exact) mass is 542 g/mol. The summed E-state index contributed by atoms with van der Waals surface area (Å²) in [4.78, 5) is 11.6. The van der Waals surface area contributed by atoms with Gasteiger partial charge in [-0.15, -0.1) is 35.9 Å². The molecule has 5 N–H and O–H groups in total. The Morgan fingerprint density at radius 2 is 1.44 bits per heavy atom. The minimum absolute atomic E-state index is 0. The number of halogens is 4. The second kappa shape index (κ2) is 16.1. The molecule has 0 unspecified atom stereocenters. The smallest absolute Gasteiger partial charge is 0.418 e. The Morgan fingerprint density at radius 3 is 1.81 bits per heavy atom. The maximum Gasteiger partial charge on any atom is 2.00 e. The molecular weight excluding hydrogens is 514 g/mol. The van der Waals surface area contributed by atoms with Crippen LogP contribution in [0.1, 0.15) is 30.9 Å². The molecule has 0 aliphatic rings. The van der Waals surface area contributed by atoms with Crippen molar-refractivity contribution in [3.63, 3.8) is 0 Å². The van der Waals surface area contributed by atoms with E-state index in [1.165, 1.54) is 18.2 Å². The van der Waals surface area contributed by atoms with E-state index in [0.717, 1.165) is 5.56 Å². The van der Waals surface area contributed by atoms with Gasteiger partial charge in [-0.3, -0.25) is 0 Å². The maximum absolute atomic E-state index is 9.75. The fraction of sp³-hybridized carbons (Fsp3) is 0.250. The molecule has 0 aliphatic heterocycles. The molecule has 0 aliphatic carbocycles. The number of nitrogen functional groups attached to an aromatic ring is 2. The maximum atomic E-state index is 9.75. The predicted octanol–water partition coefficient (Wildman–Crippen LogP) is 4.53. The number of benzene rings is 2. The van der Waals surface area contributed by atoms with Crippen LogP contribution in [0.2, 0.25) is 0 Å². The van der Waals surface area contributed by atoms with Crippen molar-refractivity contribution in [2.24, 2.45) is 0 Å². The van der Waals surface area contributed by atoms with Crippen molar-refractivity contribution >= 4 is 19.2 Å². The predicted molar refractivity (Wildman–Crippen MR) is 117 cm³/mol. The number of rotatable bonds is 2. The van der Waals surface area contributed by atoms with E-state index in [1.807, 2.05) is 18.2 Å². The summed E-state index contributed by atoms with van der Waals surface area (Å²) in [5, 5.41) is 3.50. The summed E-state index contributed by atoms with van der Waals surface area (Å²) in [6, 6.07) is 19.0. The van der Waals surface area contributed by atoms with Crippen molar-refractivity contribution in [3.8, 4) is 11.4 Å². The number of aliphatic hydroxyl groups excluding tert-OH is 1. The van der Waals surface area contributed by atoms with Crippen LogP contribution in [0.4, 0.5) is 29.2 Å². The number of aliphatic hydroxyl groups is 1. The van der Waals surface area contributed by atoms with Gasteiger partial charge in [-0.25, -0.2) is 9.97 Å². The number of anilines is 2.